The standard InChI is InChI=1S/C31H33BrN2O6S/c1-7-14-39-28-22(32)15-20(16-24(28)37-8-2)17-25-29(35)34-27(21-12-10-11-13-23(21)40-18(4)5)26(30(36)38-9-3)19(6)33-31(34)41-25/h7,10-13,15-18,27H,1,8-9,14H2,2-6H3/b25-17-/t27-/m0/s1. The molecule has 2 aromatic carbocycles. The Kier molecular flexibility index (Phi) is 9.88. The summed E-state index contributed by atoms with van der Waals surface area (Å²) in [5.41, 5.74) is 1.92. The van der Waals surface area contributed by atoms with Crippen molar-refractivity contribution in [2.45, 2.75) is 46.8 Å². The van der Waals surface area contributed by atoms with Gasteiger partial charge >= 0.3 is 5.97 Å². The Morgan fingerprint density at radius 1 is 1.17 bits per heavy atom. The van der Waals surface area contributed by atoms with Crippen molar-refractivity contribution in [3.63, 3.8) is 0 Å². The average molecular weight is 642 g/mol. The molecule has 4 rings (SSSR count). The first-order valence-corrected chi connectivity index (χ1v) is 15.0. The molecule has 1 aromatic heterocycles. The lowest BCUT2D eigenvalue weighted by molar-refractivity contribution is -0.139. The summed E-state index contributed by atoms with van der Waals surface area (Å²) in [7, 11) is 0. The number of ether oxygens (including phenoxy) is 4. The Labute approximate surface area is 251 Å². The smallest absolute Gasteiger partial charge is 0.338 e. The molecule has 0 aliphatic carbocycles. The molecule has 0 fully saturated rings. The molecule has 0 unspecified atom stereocenters. The van der Waals surface area contributed by atoms with E-state index in [1.54, 1.807) is 30.6 Å². The van der Waals surface area contributed by atoms with E-state index in [1.165, 1.54) is 11.3 Å². The van der Waals surface area contributed by atoms with Gasteiger partial charge in [-0.25, -0.2) is 9.79 Å². The van der Waals surface area contributed by atoms with Crippen molar-refractivity contribution in [1.29, 1.82) is 0 Å². The van der Waals surface area contributed by atoms with Crippen LogP contribution in [-0.4, -0.2) is 36.5 Å². The van der Waals surface area contributed by atoms with Crippen LogP contribution in [0.25, 0.3) is 6.08 Å². The van der Waals surface area contributed by atoms with Gasteiger partial charge < -0.3 is 18.9 Å². The maximum Gasteiger partial charge on any atom is 0.338 e. The van der Waals surface area contributed by atoms with Gasteiger partial charge in [-0.1, -0.05) is 42.2 Å². The van der Waals surface area contributed by atoms with Gasteiger partial charge in [0, 0.05) is 5.56 Å². The first-order chi connectivity index (χ1) is 19.7. The Bertz CT molecular complexity index is 1670. The highest BCUT2D eigenvalue weighted by Gasteiger charge is 2.35. The molecule has 1 aliphatic heterocycles. The third kappa shape index (κ3) is 6.49. The first kappa shape index (κ1) is 30.3. The van der Waals surface area contributed by atoms with Gasteiger partial charge in [-0.05, 0) is 80.4 Å². The van der Waals surface area contributed by atoms with Crippen LogP contribution >= 0.6 is 27.3 Å². The SMILES string of the molecule is C=CCOc1c(Br)cc(/C=c2\sc3n(c2=O)[C@@H](c2ccccc2OC(C)C)C(C(=O)OCC)=C(C)N=3)cc1OCC. The minimum absolute atomic E-state index is 0.112. The number of aromatic nitrogens is 1. The number of para-hydroxylation sites is 1. The van der Waals surface area contributed by atoms with Gasteiger partial charge in [0.05, 0.1) is 39.6 Å². The molecule has 3 aromatic rings. The minimum Gasteiger partial charge on any atom is -0.491 e. The molecule has 0 radical (unpaired) electrons. The van der Waals surface area contributed by atoms with Gasteiger partial charge in [0.1, 0.15) is 18.4 Å². The van der Waals surface area contributed by atoms with Crippen LogP contribution in [0.2, 0.25) is 0 Å². The quantitative estimate of drug-likeness (QED) is 0.208. The second-order valence-corrected chi connectivity index (χ2v) is 11.2. The molecule has 0 bridgehead atoms. The summed E-state index contributed by atoms with van der Waals surface area (Å²) < 4.78 is 25.8. The Balaban J connectivity index is 1.94. The summed E-state index contributed by atoms with van der Waals surface area (Å²) in [6.45, 7) is 13.9. The molecular formula is C31H33BrN2O6S. The van der Waals surface area contributed by atoms with E-state index in [-0.39, 0.29) is 18.3 Å². The number of rotatable bonds is 11. The van der Waals surface area contributed by atoms with Crippen LogP contribution in [0.5, 0.6) is 17.2 Å². The fraction of sp³-hybridized carbons (Fsp3) is 0.323. The maximum absolute atomic E-state index is 14.1. The van der Waals surface area contributed by atoms with Crippen molar-refractivity contribution < 1.29 is 23.7 Å². The largest absolute Gasteiger partial charge is 0.491 e. The van der Waals surface area contributed by atoms with Crippen molar-refractivity contribution in [3.8, 4) is 17.2 Å². The fourth-order valence-electron chi connectivity index (χ4n) is 4.52. The molecule has 1 atom stereocenters. The van der Waals surface area contributed by atoms with Crippen molar-refractivity contribution in [3.05, 3.63) is 95.6 Å². The van der Waals surface area contributed by atoms with Crippen LogP contribution in [0.4, 0.5) is 0 Å². The molecule has 2 heterocycles. The van der Waals surface area contributed by atoms with Crippen LogP contribution in [-0.2, 0) is 9.53 Å². The van der Waals surface area contributed by atoms with Crippen LogP contribution in [0.15, 0.2) is 74.6 Å². The lowest BCUT2D eigenvalue weighted by Gasteiger charge is -2.26. The lowest BCUT2D eigenvalue weighted by Crippen LogP contribution is -2.40. The third-order valence-corrected chi connectivity index (χ3v) is 7.64. The molecule has 0 spiro atoms. The van der Waals surface area contributed by atoms with Crippen molar-refractivity contribution >= 4 is 39.3 Å². The second-order valence-electron chi connectivity index (χ2n) is 9.37. The molecule has 0 N–H and O–H groups in total. The fourth-order valence-corrected chi connectivity index (χ4v) is 6.14. The number of carbonyl (C=O) groups excluding carboxylic acids is 1. The summed E-state index contributed by atoms with van der Waals surface area (Å²) >= 11 is 4.82. The summed E-state index contributed by atoms with van der Waals surface area (Å²) in [5.74, 6) is 1.16. The van der Waals surface area contributed by atoms with Crippen molar-refractivity contribution in [2.75, 3.05) is 19.8 Å². The number of hydrogen-bond donors (Lipinski definition) is 0. The molecule has 0 amide bonds. The van der Waals surface area contributed by atoms with Crippen LogP contribution < -0.4 is 29.1 Å². The highest BCUT2D eigenvalue weighted by atomic mass is 79.9. The number of fused-ring (bicyclic) bond motifs is 1. The van der Waals surface area contributed by atoms with E-state index in [0.29, 0.717) is 61.1 Å². The van der Waals surface area contributed by atoms with Gasteiger partial charge in [0.25, 0.3) is 5.56 Å². The average Bonchev–Trinajstić information content (AvgIpc) is 3.22. The van der Waals surface area contributed by atoms with Crippen LogP contribution in [0, 0.1) is 0 Å². The molecule has 10 heteroatoms. The zero-order valence-corrected chi connectivity index (χ0v) is 26.1. The first-order valence-electron chi connectivity index (χ1n) is 13.3. The number of benzene rings is 2. The summed E-state index contributed by atoms with van der Waals surface area (Å²) in [5, 5.41) is 0. The molecule has 0 saturated heterocycles. The maximum atomic E-state index is 14.1. The van der Waals surface area contributed by atoms with E-state index in [0.717, 1.165) is 5.56 Å². The predicted molar refractivity (Wildman–Crippen MR) is 164 cm³/mol. The zero-order chi connectivity index (χ0) is 29.7. The zero-order valence-electron chi connectivity index (χ0n) is 23.7. The number of halogens is 1. The van der Waals surface area contributed by atoms with Gasteiger partial charge in [0.15, 0.2) is 16.3 Å². The molecule has 0 saturated carbocycles. The number of nitrogens with zero attached hydrogens (tertiary/aromatic N) is 2. The molecule has 216 valence electrons. The van der Waals surface area contributed by atoms with Gasteiger partial charge in [-0.3, -0.25) is 9.36 Å². The van der Waals surface area contributed by atoms with E-state index < -0.39 is 12.0 Å². The second kappa shape index (κ2) is 13.4. The molecular weight excluding hydrogens is 608 g/mol. The Morgan fingerprint density at radius 2 is 1.93 bits per heavy atom. The van der Waals surface area contributed by atoms with E-state index >= 15 is 0 Å². The van der Waals surface area contributed by atoms with Gasteiger partial charge in [-0.2, -0.15) is 0 Å². The topological polar surface area (TPSA) is 88.4 Å². The summed E-state index contributed by atoms with van der Waals surface area (Å²) in [6, 6.07) is 10.3. The van der Waals surface area contributed by atoms with Crippen molar-refractivity contribution in [1.82, 2.24) is 4.57 Å². The number of allylic oxidation sites excluding steroid dienone is 1. The summed E-state index contributed by atoms with van der Waals surface area (Å²) in [6.07, 6.45) is 3.33. The van der Waals surface area contributed by atoms with Gasteiger partial charge in [-0.15, -0.1) is 0 Å². The third-order valence-electron chi connectivity index (χ3n) is 6.07. The molecule has 8 nitrogen and oxygen atoms in total. The van der Waals surface area contributed by atoms with Crippen LogP contribution in [0.1, 0.15) is 51.8 Å². The van der Waals surface area contributed by atoms with E-state index in [4.69, 9.17) is 18.9 Å². The highest BCUT2D eigenvalue weighted by Crippen LogP contribution is 2.38. The molecule has 41 heavy (non-hydrogen) atoms. The van der Waals surface area contributed by atoms with E-state index in [1.807, 2.05) is 57.2 Å². The lowest BCUT2D eigenvalue weighted by atomic mass is 9.95. The highest BCUT2D eigenvalue weighted by molar-refractivity contribution is 9.10. The minimum atomic E-state index is -0.775. The normalized spacial score (nSPS) is 14.9. The van der Waals surface area contributed by atoms with E-state index in [2.05, 4.69) is 27.5 Å². The molecule has 1 aliphatic rings. The van der Waals surface area contributed by atoms with E-state index in [9.17, 15) is 9.59 Å². The summed E-state index contributed by atoms with van der Waals surface area (Å²) in [4.78, 5) is 32.5. The number of carbonyl (C=O) groups is 1. The monoisotopic (exact) mass is 640 g/mol. The van der Waals surface area contributed by atoms with Gasteiger partial charge in [0.2, 0.25) is 0 Å². The number of thiazole rings is 1. The Morgan fingerprint density at radius 3 is 2.61 bits per heavy atom. The number of esters is 1. The van der Waals surface area contributed by atoms with Crippen LogP contribution in [0.3, 0.4) is 0 Å². The Hall–Kier alpha value is -3.63. The number of hydrogen-bond acceptors (Lipinski definition) is 8. The van der Waals surface area contributed by atoms with Crippen molar-refractivity contribution in [2.24, 2.45) is 4.99 Å². The predicted octanol–water partition coefficient (Wildman–Crippen LogP) is 5.31.